The molecule has 0 bridgehead atoms. The third kappa shape index (κ3) is 6.17. The highest BCUT2D eigenvalue weighted by Crippen LogP contribution is 2.26. The van der Waals surface area contributed by atoms with Crippen LogP contribution in [-0.4, -0.2) is 58.7 Å². The number of anilines is 1. The fourth-order valence-corrected chi connectivity index (χ4v) is 4.14. The third-order valence-electron chi connectivity index (χ3n) is 4.52. The summed E-state index contributed by atoms with van der Waals surface area (Å²) >= 11 is 6.08. The summed E-state index contributed by atoms with van der Waals surface area (Å²) in [7, 11) is -1.49. The van der Waals surface area contributed by atoms with Crippen molar-refractivity contribution in [2.45, 2.75) is 19.3 Å². The number of hydrogen-bond acceptors (Lipinski definition) is 4. The number of piperidine rings is 1. The van der Waals surface area contributed by atoms with Crippen molar-refractivity contribution in [3.8, 4) is 0 Å². The summed E-state index contributed by atoms with van der Waals surface area (Å²) in [4.78, 5) is 14.5. The molecular weight excluding hydrogens is 362 g/mol. The van der Waals surface area contributed by atoms with Gasteiger partial charge in [0.2, 0.25) is 15.9 Å². The van der Waals surface area contributed by atoms with Crippen LogP contribution in [0.3, 0.4) is 0 Å². The molecule has 0 radical (unpaired) electrons. The number of amides is 1. The van der Waals surface area contributed by atoms with Crippen molar-refractivity contribution in [1.82, 2.24) is 10.2 Å². The Morgan fingerprint density at radius 1 is 1.32 bits per heavy atom. The van der Waals surface area contributed by atoms with E-state index in [1.807, 2.05) is 0 Å². The van der Waals surface area contributed by atoms with Gasteiger partial charge in [-0.05, 0) is 57.5 Å². The maximum atomic E-state index is 12.2. The van der Waals surface area contributed by atoms with Crippen molar-refractivity contribution in [1.29, 1.82) is 0 Å². The van der Waals surface area contributed by atoms with Crippen molar-refractivity contribution in [3.63, 3.8) is 0 Å². The molecule has 2 rings (SSSR count). The van der Waals surface area contributed by atoms with Gasteiger partial charge in [0.15, 0.2) is 0 Å². The van der Waals surface area contributed by atoms with Crippen LogP contribution in [0.1, 0.15) is 19.3 Å². The lowest BCUT2D eigenvalue weighted by Crippen LogP contribution is -2.41. The molecule has 1 heterocycles. The van der Waals surface area contributed by atoms with Crippen molar-refractivity contribution in [3.05, 3.63) is 29.3 Å². The molecule has 1 saturated heterocycles. The normalized spacial score (nSPS) is 16.6. The van der Waals surface area contributed by atoms with E-state index >= 15 is 0 Å². The Bertz CT molecular complexity index is 688. The second kappa shape index (κ2) is 8.87. The lowest BCUT2D eigenvalue weighted by atomic mass is 9.94. The number of nitrogens with one attached hydrogen (secondary N) is 1. The Labute approximate surface area is 155 Å². The molecule has 1 fully saturated rings. The van der Waals surface area contributed by atoms with Gasteiger partial charge in [-0.2, -0.15) is 0 Å². The van der Waals surface area contributed by atoms with E-state index in [-0.39, 0.29) is 12.5 Å². The van der Waals surface area contributed by atoms with Crippen molar-refractivity contribution in [2.75, 3.05) is 43.8 Å². The SMILES string of the molecule is CN1CCC(CCNC(=O)CN(c2ccccc2Cl)S(C)(=O)=O)CC1. The predicted molar refractivity (Wildman–Crippen MR) is 101 cm³/mol. The topological polar surface area (TPSA) is 69.7 Å². The molecule has 1 amide bonds. The van der Waals surface area contributed by atoms with E-state index in [0.717, 1.165) is 42.9 Å². The van der Waals surface area contributed by atoms with Crippen LogP contribution in [0.25, 0.3) is 0 Å². The van der Waals surface area contributed by atoms with Crippen molar-refractivity contribution < 1.29 is 13.2 Å². The molecule has 140 valence electrons. The Morgan fingerprint density at radius 2 is 1.96 bits per heavy atom. The molecule has 0 saturated carbocycles. The number of para-hydroxylation sites is 1. The summed E-state index contributed by atoms with van der Waals surface area (Å²) in [5.74, 6) is 0.296. The molecule has 8 heteroatoms. The Morgan fingerprint density at radius 3 is 2.56 bits per heavy atom. The number of nitrogens with zero attached hydrogens (tertiary/aromatic N) is 2. The molecule has 1 aliphatic rings. The second-order valence-corrected chi connectivity index (χ2v) is 8.92. The van der Waals surface area contributed by atoms with E-state index in [0.29, 0.717) is 23.2 Å². The predicted octanol–water partition coefficient (Wildman–Crippen LogP) is 1.95. The van der Waals surface area contributed by atoms with Gasteiger partial charge in [0, 0.05) is 6.54 Å². The number of hydrogen-bond donors (Lipinski definition) is 1. The smallest absolute Gasteiger partial charge is 0.240 e. The fourth-order valence-electron chi connectivity index (χ4n) is 2.99. The summed E-state index contributed by atoms with van der Waals surface area (Å²) in [6, 6.07) is 6.60. The maximum Gasteiger partial charge on any atom is 0.240 e. The van der Waals surface area contributed by atoms with Gasteiger partial charge in [0.1, 0.15) is 6.54 Å². The van der Waals surface area contributed by atoms with Crippen LogP contribution in [0.5, 0.6) is 0 Å². The van der Waals surface area contributed by atoms with Crippen LogP contribution in [-0.2, 0) is 14.8 Å². The van der Waals surface area contributed by atoms with Gasteiger partial charge in [0.25, 0.3) is 0 Å². The summed E-state index contributed by atoms with van der Waals surface area (Å²) in [6.07, 6.45) is 4.27. The monoisotopic (exact) mass is 387 g/mol. The second-order valence-electron chi connectivity index (χ2n) is 6.61. The molecule has 0 aliphatic carbocycles. The molecule has 0 aromatic heterocycles. The number of rotatable bonds is 7. The largest absolute Gasteiger partial charge is 0.355 e. The minimum absolute atomic E-state index is 0.268. The quantitative estimate of drug-likeness (QED) is 0.776. The first-order valence-corrected chi connectivity index (χ1v) is 10.7. The highest BCUT2D eigenvalue weighted by Gasteiger charge is 2.23. The zero-order valence-corrected chi connectivity index (χ0v) is 16.3. The van der Waals surface area contributed by atoms with Gasteiger partial charge in [0.05, 0.1) is 17.0 Å². The van der Waals surface area contributed by atoms with Gasteiger partial charge in [-0.1, -0.05) is 23.7 Å². The number of benzene rings is 1. The molecule has 6 nitrogen and oxygen atoms in total. The Balaban J connectivity index is 1.89. The highest BCUT2D eigenvalue weighted by molar-refractivity contribution is 7.92. The summed E-state index contributed by atoms with van der Waals surface area (Å²) in [5.41, 5.74) is 0.317. The van der Waals surface area contributed by atoms with Crippen LogP contribution in [0.2, 0.25) is 5.02 Å². The zero-order chi connectivity index (χ0) is 18.4. The Kier molecular flexibility index (Phi) is 7.10. The van der Waals surface area contributed by atoms with Gasteiger partial charge < -0.3 is 10.2 Å². The molecule has 1 aromatic rings. The van der Waals surface area contributed by atoms with Crippen LogP contribution in [0.15, 0.2) is 24.3 Å². The van der Waals surface area contributed by atoms with E-state index in [1.165, 1.54) is 0 Å². The first-order chi connectivity index (χ1) is 11.8. The first kappa shape index (κ1) is 20.0. The summed E-state index contributed by atoms with van der Waals surface area (Å²) in [6.45, 7) is 2.48. The average molecular weight is 388 g/mol. The number of halogens is 1. The molecule has 25 heavy (non-hydrogen) atoms. The van der Waals surface area contributed by atoms with E-state index in [1.54, 1.807) is 24.3 Å². The Hall–Kier alpha value is -1.31. The van der Waals surface area contributed by atoms with Gasteiger partial charge >= 0.3 is 0 Å². The molecule has 0 unspecified atom stereocenters. The maximum absolute atomic E-state index is 12.2. The first-order valence-electron chi connectivity index (χ1n) is 8.45. The van der Waals surface area contributed by atoms with Gasteiger partial charge in [-0.25, -0.2) is 8.42 Å². The average Bonchev–Trinajstić information content (AvgIpc) is 2.54. The molecular formula is C17H26ClN3O3S. The van der Waals surface area contributed by atoms with Crippen molar-refractivity contribution in [2.24, 2.45) is 5.92 Å². The lowest BCUT2D eigenvalue weighted by Gasteiger charge is -2.29. The van der Waals surface area contributed by atoms with Crippen molar-refractivity contribution >= 4 is 33.2 Å². The molecule has 1 aromatic carbocycles. The zero-order valence-electron chi connectivity index (χ0n) is 14.7. The summed E-state index contributed by atoms with van der Waals surface area (Å²) in [5, 5.41) is 3.13. The number of carbonyl (C=O) groups is 1. The van der Waals surface area contributed by atoms with Crippen LogP contribution < -0.4 is 9.62 Å². The summed E-state index contributed by atoms with van der Waals surface area (Å²) < 4.78 is 25.2. The molecule has 0 atom stereocenters. The van der Waals surface area contributed by atoms with E-state index in [9.17, 15) is 13.2 Å². The molecule has 1 N–H and O–H groups in total. The number of carbonyl (C=O) groups excluding carboxylic acids is 1. The molecule has 1 aliphatic heterocycles. The number of likely N-dealkylation sites (tertiary alicyclic amines) is 1. The van der Waals surface area contributed by atoms with Crippen LogP contribution in [0, 0.1) is 5.92 Å². The van der Waals surface area contributed by atoms with Crippen LogP contribution >= 0.6 is 11.6 Å². The van der Waals surface area contributed by atoms with E-state index in [2.05, 4.69) is 17.3 Å². The number of sulfonamides is 1. The van der Waals surface area contributed by atoms with Gasteiger partial charge in [-0.3, -0.25) is 9.10 Å². The fraction of sp³-hybridized carbons (Fsp3) is 0.588. The van der Waals surface area contributed by atoms with E-state index < -0.39 is 10.0 Å². The lowest BCUT2D eigenvalue weighted by molar-refractivity contribution is -0.119. The highest BCUT2D eigenvalue weighted by atomic mass is 35.5. The van der Waals surface area contributed by atoms with E-state index in [4.69, 9.17) is 11.6 Å². The van der Waals surface area contributed by atoms with Gasteiger partial charge in [-0.15, -0.1) is 0 Å². The minimum Gasteiger partial charge on any atom is -0.355 e. The molecule has 0 spiro atoms. The minimum atomic E-state index is -3.60. The standard InChI is InChI=1S/C17H26ClN3O3S/c1-20-11-8-14(9-12-20)7-10-19-17(22)13-21(25(2,23)24)16-6-4-3-5-15(16)18/h3-6,14H,7-13H2,1-2H3,(H,19,22). The third-order valence-corrected chi connectivity index (χ3v) is 5.97. The van der Waals surface area contributed by atoms with Crippen LogP contribution in [0.4, 0.5) is 5.69 Å².